The van der Waals surface area contributed by atoms with Gasteiger partial charge in [-0.15, -0.1) is 0 Å². The number of likely N-dealkylation sites (N-methyl/N-ethyl adjacent to an activating group) is 1. The minimum Gasteiger partial charge on any atom is -0.369 e. The molecule has 0 radical (unpaired) electrons. The van der Waals surface area contributed by atoms with Crippen molar-refractivity contribution in [2.24, 2.45) is 5.92 Å². The fourth-order valence-corrected chi connectivity index (χ4v) is 4.38. The Hall–Kier alpha value is -3.46. The van der Waals surface area contributed by atoms with Gasteiger partial charge in [-0.05, 0) is 43.5 Å². The molecule has 1 amide bonds. The van der Waals surface area contributed by atoms with Crippen LogP contribution in [0.1, 0.15) is 23.2 Å². The highest BCUT2D eigenvalue weighted by Gasteiger charge is 2.24. The molecule has 0 aromatic carbocycles. The average molecular weight is 431 g/mol. The van der Waals surface area contributed by atoms with Crippen molar-refractivity contribution < 1.29 is 4.79 Å². The number of hydrogen-bond acceptors (Lipinski definition) is 6. The monoisotopic (exact) mass is 430 g/mol. The van der Waals surface area contributed by atoms with Crippen LogP contribution in [0.3, 0.4) is 0 Å². The zero-order chi connectivity index (χ0) is 21.7. The first kappa shape index (κ1) is 19.2. The SMILES string of the molecule is CN1CCN(C(=O)c2cnn3ccc(-c4c[nH]c5ncnc(NCC6CC6)c45)cc23)CC1. The van der Waals surface area contributed by atoms with Crippen LogP contribution in [0.5, 0.6) is 0 Å². The third-order valence-electron chi connectivity index (χ3n) is 6.58. The van der Waals surface area contributed by atoms with Gasteiger partial charge >= 0.3 is 0 Å². The van der Waals surface area contributed by atoms with Gasteiger partial charge in [0.25, 0.3) is 5.91 Å². The molecule has 4 aromatic rings. The van der Waals surface area contributed by atoms with Crippen molar-refractivity contribution in [3.63, 3.8) is 0 Å². The summed E-state index contributed by atoms with van der Waals surface area (Å²) in [6.45, 7) is 4.19. The molecule has 0 atom stereocenters. The topological polar surface area (TPSA) is 94.5 Å². The summed E-state index contributed by atoms with van der Waals surface area (Å²) in [7, 11) is 2.09. The quantitative estimate of drug-likeness (QED) is 0.505. The Kier molecular flexibility index (Phi) is 4.57. The third kappa shape index (κ3) is 3.38. The molecule has 0 unspecified atom stereocenters. The van der Waals surface area contributed by atoms with Crippen LogP contribution in [-0.4, -0.2) is 80.0 Å². The Morgan fingerprint density at radius 2 is 2.06 bits per heavy atom. The van der Waals surface area contributed by atoms with E-state index in [1.165, 1.54) is 12.8 Å². The smallest absolute Gasteiger partial charge is 0.257 e. The van der Waals surface area contributed by atoms with Crippen molar-refractivity contribution in [1.82, 2.24) is 34.4 Å². The van der Waals surface area contributed by atoms with E-state index in [0.717, 1.165) is 72.1 Å². The number of nitrogens with one attached hydrogen (secondary N) is 2. The summed E-state index contributed by atoms with van der Waals surface area (Å²) >= 11 is 0. The summed E-state index contributed by atoms with van der Waals surface area (Å²) in [4.78, 5) is 29.6. The van der Waals surface area contributed by atoms with Crippen LogP contribution in [0.2, 0.25) is 0 Å². The molecule has 1 aliphatic heterocycles. The number of nitrogens with zero attached hydrogens (tertiary/aromatic N) is 6. The second-order valence-electron chi connectivity index (χ2n) is 8.87. The van der Waals surface area contributed by atoms with E-state index in [9.17, 15) is 4.79 Å². The van der Waals surface area contributed by atoms with Crippen molar-refractivity contribution in [3.8, 4) is 11.1 Å². The van der Waals surface area contributed by atoms with Crippen molar-refractivity contribution in [2.75, 3.05) is 45.1 Å². The highest BCUT2D eigenvalue weighted by atomic mass is 16.2. The van der Waals surface area contributed by atoms with Crippen LogP contribution >= 0.6 is 0 Å². The number of amides is 1. The molecule has 1 aliphatic carbocycles. The summed E-state index contributed by atoms with van der Waals surface area (Å²) in [6.07, 6.45) is 9.70. The molecule has 9 heteroatoms. The number of piperazine rings is 1. The Balaban J connectivity index is 1.38. The van der Waals surface area contributed by atoms with Gasteiger partial charge in [0.05, 0.1) is 22.7 Å². The predicted molar refractivity (Wildman–Crippen MR) is 123 cm³/mol. The van der Waals surface area contributed by atoms with E-state index in [1.807, 2.05) is 29.4 Å². The van der Waals surface area contributed by atoms with Crippen LogP contribution < -0.4 is 5.32 Å². The number of aromatic amines is 1. The first-order valence-corrected chi connectivity index (χ1v) is 11.2. The van der Waals surface area contributed by atoms with E-state index < -0.39 is 0 Å². The Bertz CT molecular complexity index is 1300. The summed E-state index contributed by atoms with van der Waals surface area (Å²) in [5.41, 5.74) is 4.27. The molecule has 1 saturated carbocycles. The van der Waals surface area contributed by atoms with E-state index in [0.29, 0.717) is 5.56 Å². The normalized spacial score (nSPS) is 17.3. The lowest BCUT2D eigenvalue weighted by Crippen LogP contribution is -2.47. The molecule has 4 aromatic heterocycles. The Morgan fingerprint density at radius 3 is 2.88 bits per heavy atom. The molecular formula is C23H26N8O. The van der Waals surface area contributed by atoms with E-state index >= 15 is 0 Å². The van der Waals surface area contributed by atoms with E-state index in [1.54, 1.807) is 17.0 Å². The number of anilines is 1. The van der Waals surface area contributed by atoms with Gasteiger partial charge in [-0.2, -0.15) is 5.10 Å². The number of carbonyl (C=O) groups is 1. The second-order valence-corrected chi connectivity index (χ2v) is 8.87. The maximum Gasteiger partial charge on any atom is 0.257 e. The number of H-pyrrole nitrogens is 1. The van der Waals surface area contributed by atoms with Gasteiger partial charge in [-0.25, -0.2) is 14.5 Å². The molecular weight excluding hydrogens is 404 g/mol. The molecule has 0 spiro atoms. The molecule has 2 N–H and O–H groups in total. The zero-order valence-electron chi connectivity index (χ0n) is 18.1. The molecule has 9 nitrogen and oxygen atoms in total. The molecule has 32 heavy (non-hydrogen) atoms. The molecule has 1 saturated heterocycles. The lowest BCUT2D eigenvalue weighted by atomic mass is 10.1. The van der Waals surface area contributed by atoms with E-state index in [-0.39, 0.29) is 5.91 Å². The number of pyridine rings is 1. The largest absolute Gasteiger partial charge is 0.369 e. The molecule has 6 rings (SSSR count). The minimum atomic E-state index is 0.0410. The van der Waals surface area contributed by atoms with E-state index in [4.69, 9.17) is 0 Å². The molecule has 2 aliphatic rings. The van der Waals surface area contributed by atoms with Crippen LogP contribution in [0.25, 0.3) is 27.7 Å². The average Bonchev–Trinajstić information content (AvgIpc) is 3.39. The van der Waals surface area contributed by atoms with Gasteiger partial charge in [0.1, 0.15) is 17.8 Å². The van der Waals surface area contributed by atoms with Gasteiger partial charge in [-0.1, -0.05) is 0 Å². The lowest BCUT2D eigenvalue weighted by Gasteiger charge is -2.32. The van der Waals surface area contributed by atoms with Gasteiger partial charge in [-0.3, -0.25) is 4.79 Å². The van der Waals surface area contributed by atoms with Gasteiger partial charge < -0.3 is 20.1 Å². The fraction of sp³-hybridized carbons (Fsp3) is 0.391. The van der Waals surface area contributed by atoms with E-state index in [2.05, 4.69) is 37.3 Å². The lowest BCUT2D eigenvalue weighted by molar-refractivity contribution is 0.0666. The Labute approximate surface area is 185 Å². The van der Waals surface area contributed by atoms with Gasteiger partial charge in [0, 0.05) is 50.7 Å². The second kappa shape index (κ2) is 7.59. The maximum atomic E-state index is 13.2. The summed E-state index contributed by atoms with van der Waals surface area (Å²) in [6, 6.07) is 4.06. The fourth-order valence-electron chi connectivity index (χ4n) is 4.38. The standard InChI is InChI=1S/C23H26N8O/c1-29-6-8-30(9-7-29)23(32)18-13-28-31-5-4-16(10-19(18)31)17-12-25-22-20(17)21(26-14-27-22)24-11-15-2-3-15/h4-5,10,12-15H,2-3,6-9,11H2,1H3,(H2,24,25,26,27). The van der Waals surface area contributed by atoms with Crippen LogP contribution in [-0.2, 0) is 0 Å². The summed E-state index contributed by atoms with van der Waals surface area (Å²) in [5.74, 6) is 1.63. The number of hydrogen-bond donors (Lipinski definition) is 2. The maximum absolute atomic E-state index is 13.2. The third-order valence-corrected chi connectivity index (χ3v) is 6.58. The minimum absolute atomic E-state index is 0.0410. The van der Waals surface area contributed by atoms with Crippen molar-refractivity contribution in [1.29, 1.82) is 0 Å². The Morgan fingerprint density at radius 1 is 1.22 bits per heavy atom. The number of fused-ring (bicyclic) bond motifs is 2. The predicted octanol–water partition coefficient (Wildman–Crippen LogP) is 2.48. The van der Waals surface area contributed by atoms with Crippen molar-refractivity contribution in [2.45, 2.75) is 12.8 Å². The zero-order valence-corrected chi connectivity index (χ0v) is 18.1. The highest BCUT2D eigenvalue weighted by Crippen LogP contribution is 2.34. The summed E-state index contributed by atoms with van der Waals surface area (Å²) in [5, 5.41) is 8.90. The first-order valence-electron chi connectivity index (χ1n) is 11.2. The van der Waals surface area contributed by atoms with Crippen LogP contribution in [0.4, 0.5) is 5.82 Å². The van der Waals surface area contributed by atoms with Crippen LogP contribution in [0, 0.1) is 5.92 Å². The summed E-state index contributed by atoms with van der Waals surface area (Å²) < 4.78 is 1.77. The molecule has 5 heterocycles. The molecule has 2 fully saturated rings. The van der Waals surface area contributed by atoms with Crippen molar-refractivity contribution >= 4 is 28.3 Å². The highest BCUT2D eigenvalue weighted by molar-refractivity contribution is 6.04. The number of carbonyl (C=O) groups excluding carboxylic acids is 1. The number of rotatable bonds is 5. The first-order chi connectivity index (χ1) is 15.7. The van der Waals surface area contributed by atoms with Gasteiger partial charge in [0.15, 0.2) is 0 Å². The van der Waals surface area contributed by atoms with Crippen molar-refractivity contribution in [3.05, 3.63) is 42.6 Å². The molecule has 164 valence electrons. The van der Waals surface area contributed by atoms with Crippen LogP contribution in [0.15, 0.2) is 37.1 Å². The number of aromatic nitrogens is 5. The van der Waals surface area contributed by atoms with Gasteiger partial charge in [0.2, 0.25) is 0 Å². The molecule has 0 bridgehead atoms.